The Morgan fingerprint density at radius 3 is 2.07 bits per heavy atom. The third-order valence-electron chi connectivity index (χ3n) is 2.36. The Labute approximate surface area is 88.8 Å². The van der Waals surface area contributed by atoms with E-state index in [1.165, 1.54) is 6.92 Å². The zero-order valence-corrected chi connectivity index (χ0v) is 9.06. The van der Waals surface area contributed by atoms with Crippen LogP contribution < -0.4 is 4.90 Å². The maximum absolute atomic E-state index is 10.8. The number of carbonyl (C=O) groups is 1. The molecule has 15 heavy (non-hydrogen) atoms. The van der Waals surface area contributed by atoms with E-state index in [1.807, 2.05) is 19.0 Å². The van der Waals surface area contributed by atoms with Crippen LogP contribution in [0.4, 0.5) is 5.69 Å². The molecule has 0 radical (unpaired) electrons. The van der Waals surface area contributed by atoms with Crippen molar-refractivity contribution in [3.05, 3.63) is 29.8 Å². The first kappa shape index (κ1) is 11.5. The van der Waals surface area contributed by atoms with Crippen molar-refractivity contribution in [2.24, 2.45) is 0 Å². The molecule has 0 saturated carbocycles. The van der Waals surface area contributed by atoms with Crippen molar-refractivity contribution >= 4 is 11.7 Å². The maximum atomic E-state index is 10.8. The van der Waals surface area contributed by atoms with Crippen LogP contribution in [0.2, 0.25) is 0 Å². The van der Waals surface area contributed by atoms with Gasteiger partial charge < -0.3 is 15.1 Å². The summed E-state index contributed by atoms with van der Waals surface area (Å²) in [4.78, 5) is 12.7. The molecule has 0 amide bonds. The summed E-state index contributed by atoms with van der Waals surface area (Å²) in [6, 6.07) is 6.77. The van der Waals surface area contributed by atoms with Crippen LogP contribution in [0.5, 0.6) is 0 Å². The van der Waals surface area contributed by atoms with Crippen molar-refractivity contribution in [3.63, 3.8) is 0 Å². The first-order chi connectivity index (χ1) is 6.85. The Hall–Kier alpha value is -1.55. The summed E-state index contributed by atoms with van der Waals surface area (Å²) in [6.45, 7) is 1.26. The van der Waals surface area contributed by atoms with Crippen LogP contribution in [0.3, 0.4) is 0 Å². The van der Waals surface area contributed by atoms with Crippen molar-refractivity contribution < 1.29 is 15.0 Å². The molecule has 0 fully saturated rings. The molecule has 0 aromatic heterocycles. The maximum Gasteiger partial charge on any atom is 0.340 e. The summed E-state index contributed by atoms with van der Waals surface area (Å²) in [6.07, 6.45) is 0. The predicted octanol–water partition coefficient (Wildman–Crippen LogP) is 1.04. The van der Waals surface area contributed by atoms with Crippen LogP contribution >= 0.6 is 0 Å². The van der Waals surface area contributed by atoms with Crippen LogP contribution in [0.25, 0.3) is 0 Å². The molecule has 1 rings (SSSR count). The topological polar surface area (TPSA) is 60.8 Å². The zero-order chi connectivity index (χ0) is 11.6. The molecule has 1 atom stereocenters. The quantitative estimate of drug-likeness (QED) is 0.781. The van der Waals surface area contributed by atoms with Crippen molar-refractivity contribution in [2.75, 3.05) is 19.0 Å². The van der Waals surface area contributed by atoms with Crippen molar-refractivity contribution in [1.82, 2.24) is 0 Å². The third kappa shape index (κ3) is 2.27. The van der Waals surface area contributed by atoms with Gasteiger partial charge in [0.2, 0.25) is 0 Å². The monoisotopic (exact) mass is 209 g/mol. The van der Waals surface area contributed by atoms with Crippen LogP contribution in [-0.4, -0.2) is 30.3 Å². The number of rotatable bonds is 3. The van der Waals surface area contributed by atoms with Gasteiger partial charge in [-0.05, 0) is 24.6 Å². The minimum atomic E-state index is -1.83. The van der Waals surface area contributed by atoms with Crippen molar-refractivity contribution in [1.29, 1.82) is 0 Å². The largest absolute Gasteiger partial charge is 0.479 e. The van der Waals surface area contributed by atoms with Crippen molar-refractivity contribution in [3.8, 4) is 0 Å². The first-order valence-corrected chi connectivity index (χ1v) is 4.59. The number of nitrogens with zero attached hydrogens (tertiary/aromatic N) is 1. The lowest BCUT2D eigenvalue weighted by atomic mass is 9.96. The van der Waals surface area contributed by atoms with E-state index < -0.39 is 11.6 Å². The molecule has 0 spiro atoms. The molecule has 0 aliphatic carbocycles. The summed E-state index contributed by atoms with van der Waals surface area (Å²) in [5, 5.41) is 18.5. The Morgan fingerprint density at radius 1 is 1.27 bits per heavy atom. The Balaban J connectivity index is 3.04. The highest BCUT2D eigenvalue weighted by atomic mass is 16.4. The fourth-order valence-corrected chi connectivity index (χ4v) is 1.21. The fraction of sp³-hybridized carbons (Fsp3) is 0.364. The van der Waals surface area contributed by atoms with E-state index >= 15 is 0 Å². The van der Waals surface area contributed by atoms with E-state index in [4.69, 9.17) is 5.11 Å². The van der Waals surface area contributed by atoms with E-state index in [2.05, 4.69) is 0 Å². The van der Waals surface area contributed by atoms with Gasteiger partial charge in [0.05, 0.1) is 0 Å². The highest BCUT2D eigenvalue weighted by Gasteiger charge is 2.31. The van der Waals surface area contributed by atoms with Crippen LogP contribution in [0.15, 0.2) is 24.3 Å². The Morgan fingerprint density at radius 2 is 1.73 bits per heavy atom. The molecular formula is C11H15NO3. The molecule has 82 valence electrons. The van der Waals surface area contributed by atoms with Gasteiger partial charge in [-0.15, -0.1) is 0 Å². The molecule has 4 nitrogen and oxygen atoms in total. The van der Waals surface area contributed by atoms with Crippen LogP contribution in [0, 0.1) is 0 Å². The first-order valence-electron chi connectivity index (χ1n) is 4.59. The molecule has 0 saturated heterocycles. The van der Waals surface area contributed by atoms with E-state index in [-0.39, 0.29) is 0 Å². The Bertz CT molecular complexity index is 355. The smallest absolute Gasteiger partial charge is 0.340 e. The summed E-state index contributed by atoms with van der Waals surface area (Å²) >= 11 is 0. The summed E-state index contributed by atoms with van der Waals surface area (Å²) < 4.78 is 0. The number of anilines is 1. The number of hydrogen-bond donors (Lipinski definition) is 2. The van der Waals surface area contributed by atoms with Gasteiger partial charge in [0.15, 0.2) is 5.60 Å². The van der Waals surface area contributed by atoms with Crippen molar-refractivity contribution in [2.45, 2.75) is 12.5 Å². The second kappa shape index (κ2) is 3.90. The highest BCUT2D eigenvalue weighted by molar-refractivity contribution is 5.78. The van der Waals surface area contributed by atoms with E-state index in [9.17, 15) is 9.90 Å². The number of aliphatic hydroxyl groups is 1. The predicted molar refractivity (Wildman–Crippen MR) is 58.0 cm³/mol. The molecule has 0 heterocycles. The second-order valence-corrected chi connectivity index (χ2v) is 3.82. The minimum absolute atomic E-state index is 0.376. The molecule has 0 bridgehead atoms. The summed E-state index contributed by atoms with van der Waals surface area (Å²) in [7, 11) is 3.79. The van der Waals surface area contributed by atoms with E-state index in [1.54, 1.807) is 24.3 Å². The summed E-state index contributed by atoms with van der Waals surface area (Å²) in [5.41, 5.74) is -0.495. The summed E-state index contributed by atoms with van der Waals surface area (Å²) in [5.74, 6) is -1.25. The molecule has 0 aliphatic rings. The second-order valence-electron chi connectivity index (χ2n) is 3.82. The molecular weight excluding hydrogens is 194 g/mol. The average Bonchev–Trinajstić information content (AvgIpc) is 2.17. The molecule has 4 heteroatoms. The van der Waals surface area contributed by atoms with Gasteiger partial charge >= 0.3 is 5.97 Å². The standard InChI is InChI=1S/C11H15NO3/c1-11(15,10(13)14)8-4-6-9(7-5-8)12(2)3/h4-7,15H,1-3H3,(H,13,14). The number of carboxylic acids is 1. The molecule has 0 aliphatic heterocycles. The Kier molecular flexibility index (Phi) is 3.00. The van der Waals surface area contributed by atoms with Crippen LogP contribution in [0.1, 0.15) is 12.5 Å². The number of carboxylic acid groups (broad SMARTS) is 1. The number of benzene rings is 1. The third-order valence-corrected chi connectivity index (χ3v) is 2.36. The minimum Gasteiger partial charge on any atom is -0.479 e. The van der Waals surface area contributed by atoms with Gasteiger partial charge in [-0.2, -0.15) is 0 Å². The van der Waals surface area contributed by atoms with Gasteiger partial charge in [-0.25, -0.2) is 4.79 Å². The van der Waals surface area contributed by atoms with Gasteiger partial charge in [0, 0.05) is 19.8 Å². The molecule has 1 aromatic carbocycles. The zero-order valence-electron chi connectivity index (χ0n) is 9.06. The van der Waals surface area contributed by atoms with Gasteiger partial charge in [-0.1, -0.05) is 12.1 Å². The lowest BCUT2D eigenvalue weighted by molar-refractivity contribution is -0.157. The van der Waals surface area contributed by atoms with Crippen LogP contribution in [-0.2, 0) is 10.4 Å². The number of hydrogen-bond acceptors (Lipinski definition) is 3. The molecule has 1 unspecified atom stereocenters. The normalized spacial score (nSPS) is 14.4. The lowest BCUT2D eigenvalue weighted by Crippen LogP contribution is -2.31. The van der Waals surface area contributed by atoms with E-state index in [0.29, 0.717) is 5.56 Å². The lowest BCUT2D eigenvalue weighted by Gasteiger charge is -2.19. The highest BCUT2D eigenvalue weighted by Crippen LogP contribution is 2.23. The fourth-order valence-electron chi connectivity index (χ4n) is 1.21. The average molecular weight is 209 g/mol. The van der Waals surface area contributed by atoms with Gasteiger partial charge in [0.25, 0.3) is 0 Å². The van der Waals surface area contributed by atoms with Gasteiger partial charge in [-0.3, -0.25) is 0 Å². The number of aliphatic carboxylic acids is 1. The molecule has 1 aromatic rings. The van der Waals surface area contributed by atoms with E-state index in [0.717, 1.165) is 5.69 Å². The SMILES string of the molecule is CN(C)c1ccc(C(C)(O)C(=O)O)cc1. The molecule has 2 N–H and O–H groups in total. The van der Waals surface area contributed by atoms with Gasteiger partial charge in [0.1, 0.15) is 0 Å².